The quantitative estimate of drug-likeness (QED) is 0.831. The first-order valence-electron chi connectivity index (χ1n) is 7.46. The molecule has 1 amide bonds. The van der Waals surface area contributed by atoms with Crippen molar-refractivity contribution in [2.75, 3.05) is 19.0 Å². The van der Waals surface area contributed by atoms with Crippen molar-refractivity contribution in [3.05, 3.63) is 48.2 Å². The fourth-order valence-electron chi connectivity index (χ4n) is 2.32. The van der Waals surface area contributed by atoms with Gasteiger partial charge >= 0.3 is 0 Å². The number of amides is 1. The summed E-state index contributed by atoms with van der Waals surface area (Å²) in [6, 6.07) is 9.90. The Kier molecular flexibility index (Phi) is 4.66. The van der Waals surface area contributed by atoms with Crippen LogP contribution in [0.1, 0.15) is 12.0 Å². The molecule has 0 aliphatic carbocycles. The molecule has 0 unspecified atom stereocenters. The molecule has 9 heteroatoms. The Bertz CT molecular complexity index is 923. The molecule has 0 atom stereocenters. The van der Waals surface area contributed by atoms with Crippen LogP contribution in [0.2, 0.25) is 0 Å². The van der Waals surface area contributed by atoms with Gasteiger partial charge in [-0.25, -0.2) is 13.4 Å². The molecule has 0 saturated heterocycles. The number of anilines is 1. The normalized spacial score (nSPS) is 16.1. The van der Waals surface area contributed by atoms with Crippen LogP contribution in [0, 0.1) is 0 Å². The fourth-order valence-corrected chi connectivity index (χ4v) is 3.57. The number of amidine groups is 1. The Labute approximate surface area is 145 Å². The maximum Gasteiger partial charge on any atom is 0.263 e. The van der Waals surface area contributed by atoms with Gasteiger partial charge in [-0.15, -0.1) is 0 Å². The van der Waals surface area contributed by atoms with E-state index in [1.807, 2.05) is 0 Å². The zero-order valence-corrected chi connectivity index (χ0v) is 14.2. The highest BCUT2D eigenvalue weighted by atomic mass is 32.2. The molecular formula is C16H16N4O4S. The molecule has 2 heterocycles. The van der Waals surface area contributed by atoms with Gasteiger partial charge in [0, 0.05) is 18.1 Å². The van der Waals surface area contributed by atoms with Gasteiger partial charge in [0.05, 0.1) is 30.4 Å². The lowest BCUT2D eigenvalue weighted by atomic mass is 10.2. The Morgan fingerprint density at radius 3 is 2.80 bits per heavy atom. The fraction of sp³-hybridized carbons (Fsp3) is 0.188. The number of hydrogen-bond donors (Lipinski definition) is 2. The number of pyridine rings is 1. The maximum absolute atomic E-state index is 12.0. The average Bonchev–Trinajstić information content (AvgIpc) is 2.87. The van der Waals surface area contributed by atoms with Crippen molar-refractivity contribution in [2.24, 2.45) is 4.99 Å². The van der Waals surface area contributed by atoms with Gasteiger partial charge in [-0.2, -0.15) is 0 Å². The van der Waals surface area contributed by atoms with Crippen LogP contribution in [0.15, 0.2) is 52.5 Å². The molecule has 1 aliphatic rings. The topological polar surface area (TPSA) is 110 Å². The van der Waals surface area contributed by atoms with Crippen LogP contribution >= 0.6 is 0 Å². The highest BCUT2D eigenvalue weighted by molar-refractivity contribution is 7.90. The predicted molar refractivity (Wildman–Crippen MR) is 92.2 cm³/mol. The molecular weight excluding hydrogens is 344 g/mol. The van der Waals surface area contributed by atoms with Crippen LogP contribution in [0.25, 0.3) is 0 Å². The number of aromatic nitrogens is 1. The molecule has 0 radical (unpaired) electrons. The zero-order valence-electron chi connectivity index (χ0n) is 13.4. The summed E-state index contributed by atoms with van der Waals surface area (Å²) in [4.78, 5) is 20.3. The molecule has 8 nitrogen and oxygen atoms in total. The third-order valence-electron chi connectivity index (χ3n) is 3.50. The Morgan fingerprint density at radius 2 is 2.08 bits per heavy atom. The van der Waals surface area contributed by atoms with Crippen molar-refractivity contribution in [3.63, 3.8) is 0 Å². The minimum absolute atomic E-state index is 0.111. The number of fused-ring (bicyclic) bond motifs is 1. The molecule has 1 aliphatic heterocycles. The maximum atomic E-state index is 12.0. The van der Waals surface area contributed by atoms with E-state index in [-0.39, 0.29) is 29.6 Å². The highest BCUT2D eigenvalue weighted by Gasteiger charge is 2.29. The number of methoxy groups -OCH3 is 1. The summed E-state index contributed by atoms with van der Waals surface area (Å²) < 4.78 is 31.3. The van der Waals surface area contributed by atoms with Crippen molar-refractivity contribution in [1.82, 2.24) is 9.71 Å². The van der Waals surface area contributed by atoms with Gasteiger partial charge < -0.3 is 10.1 Å². The highest BCUT2D eigenvalue weighted by Crippen LogP contribution is 2.22. The number of benzene rings is 1. The molecule has 2 N–H and O–H groups in total. The minimum Gasteiger partial charge on any atom is -0.481 e. The van der Waals surface area contributed by atoms with E-state index in [1.165, 1.54) is 19.4 Å². The summed E-state index contributed by atoms with van der Waals surface area (Å²) in [5.41, 5.74) is 1.06. The number of carbonyl (C=O) groups excluding carboxylic acids is 1. The number of carbonyl (C=O) groups is 1. The number of hydrogen-bond acceptors (Lipinski definition) is 6. The Morgan fingerprint density at radius 1 is 1.28 bits per heavy atom. The van der Waals surface area contributed by atoms with Crippen molar-refractivity contribution in [1.29, 1.82) is 0 Å². The lowest BCUT2D eigenvalue weighted by molar-refractivity contribution is -0.116. The van der Waals surface area contributed by atoms with E-state index < -0.39 is 10.0 Å². The summed E-state index contributed by atoms with van der Waals surface area (Å²) in [5, 5.41) is 2.69. The number of rotatable bonds is 5. The Balaban J connectivity index is 1.61. The monoisotopic (exact) mass is 360 g/mol. The van der Waals surface area contributed by atoms with Gasteiger partial charge in [0.25, 0.3) is 10.0 Å². The molecule has 0 saturated carbocycles. The van der Waals surface area contributed by atoms with E-state index in [2.05, 4.69) is 20.0 Å². The molecule has 130 valence electrons. The third kappa shape index (κ3) is 3.77. The van der Waals surface area contributed by atoms with Crippen LogP contribution in [0.3, 0.4) is 0 Å². The van der Waals surface area contributed by atoms with Crippen molar-refractivity contribution in [3.8, 4) is 5.88 Å². The second kappa shape index (κ2) is 6.89. The lowest BCUT2D eigenvalue weighted by Crippen LogP contribution is -2.23. The Hall–Kier alpha value is -2.94. The standard InChI is InChI=1S/C16H16N4O4S/c1-24-15-7-6-11(10-18-15)19-14(21)8-9-17-16-12-4-2-3-5-13(12)25(22,23)20-16/h2-7,10H,8-9H2,1H3,(H,17,20)(H,19,21). The molecule has 0 bridgehead atoms. The number of sulfonamides is 1. The number of nitrogens with zero attached hydrogens (tertiary/aromatic N) is 2. The first-order chi connectivity index (χ1) is 12.0. The van der Waals surface area contributed by atoms with E-state index in [0.29, 0.717) is 17.1 Å². The zero-order chi connectivity index (χ0) is 17.9. The van der Waals surface area contributed by atoms with Gasteiger partial charge in [0.2, 0.25) is 11.8 Å². The molecule has 1 aromatic carbocycles. The molecule has 2 aromatic rings. The van der Waals surface area contributed by atoms with Gasteiger partial charge in [0.15, 0.2) is 0 Å². The van der Waals surface area contributed by atoms with Crippen LogP contribution < -0.4 is 14.8 Å². The van der Waals surface area contributed by atoms with Crippen LogP contribution in [0.5, 0.6) is 5.88 Å². The molecule has 3 rings (SSSR count). The van der Waals surface area contributed by atoms with Gasteiger partial charge in [-0.1, -0.05) is 12.1 Å². The van der Waals surface area contributed by atoms with Crippen LogP contribution in [-0.4, -0.2) is 38.8 Å². The summed E-state index contributed by atoms with van der Waals surface area (Å²) in [5.74, 6) is 0.469. The smallest absolute Gasteiger partial charge is 0.263 e. The summed E-state index contributed by atoms with van der Waals surface area (Å²) in [7, 11) is -2.05. The summed E-state index contributed by atoms with van der Waals surface area (Å²) in [6.45, 7) is 0.154. The van der Waals surface area contributed by atoms with E-state index in [9.17, 15) is 13.2 Å². The van der Waals surface area contributed by atoms with Crippen molar-refractivity contribution in [2.45, 2.75) is 11.3 Å². The van der Waals surface area contributed by atoms with Crippen molar-refractivity contribution >= 4 is 27.5 Å². The van der Waals surface area contributed by atoms with E-state index in [4.69, 9.17) is 4.74 Å². The SMILES string of the molecule is COc1ccc(NC(=O)CCN=C2NS(=O)(=O)c3ccccc32)cn1. The van der Waals surface area contributed by atoms with E-state index in [0.717, 1.165) is 0 Å². The number of nitrogens with one attached hydrogen (secondary N) is 2. The van der Waals surface area contributed by atoms with E-state index in [1.54, 1.807) is 30.3 Å². The minimum atomic E-state index is -3.56. The number of ether oxygens (including phenoxy) is 1. The summed E-state index contributed by atoms with van der Waals surface area (Å²) >= 11 is 0. The second-order valence-electron chi connectivity index (χ2n) is 5.22. The van der Waals surface area contributed by atoms with Gasteiger partial charge in [-0.3, -0.25) is 14.5 Å². The summed E-state index contributed by atoms with van der Waals surface area (Å²) in [6.07, 6.45) is 1.60. The third-order valence-corrected chi connectivity index (χ3v) is 4.90. The first kappa shape index (κ1) is 16.9. The van der Waals surface area contributed by atoms with E-state index >= 15 is 0 Å². The number of aliphatic imine (C=N–C) groups is 1. The molecule has 0 spiro atoms. The predicted octanol–water partition coefficient (Wildman–Crippen LogP) is 1.16. The molecule has 25 heavy (non-hydrogen) atoms. The average molecular weight is 360 g/mol. The largest absolute Gasteiger partial charge is 0.481 e. The van der Waals surface area contributed by atoms with Crippen molar-refractivity contribution < 1.29 is 17.9 Å². The lowest BCUT2D eigenvalue weighted by Gasteiger charge is -2.05. The van der Waals surface area contributed by atoms with Gasteiger partial charge in [0.1, 0.15) is 5.84 Å². The van der Waals surface area contributed by atoms with Gasteiger partial charge in [-0.05, 0) is 18.2 Å². The van der Waals surface area contributed by atoms with Crippen LogP contribution in [0.4, 0.5) is 5.69 Å². The first-order valence-corrected chi connectivity index (χ1v) is 8.94. The molecule has 1 aromatic heterocycles. The second-order valence-corrected chi connectivity index (χ2v) is 6.87. The van der Waals surface area contributed by atoms with Crippen LogP contribution in [-0.2, 0) is 14.8 Å². The molecule has 0 fully saturated rings.